The number of nitrogens with one attached hydrogen (secondary N) is 1. The highest BCUT2D eigenvalue weighted by atomic mass is 32.2. The van der Waals surface area contributed by atoms with Crippen molar-refractivity contribution in [2.24, 2.45) is 0 Å². The standard InChI is InChI=1S/C11H21N3S/c1-4-6-12-11-13-7-8-14(11)10(3)9-15-5-2/h7-8,10H,4-6,9H2,1-3H3,(H,12,13). The van der Waals surface area contributed by atoms with Crippen LogP contribution in [-0.4, -0.2) is 27.6 Å². The van der Waals surface area contributed by atoms with Crippen LogP contribution < -0.4 is 5.32 Å². The van der Waals surface area contributed by atoms with E-state index < -0.39 is 0 Å². The summed E-state index contributed by atoms with van der Waals surface area (Å²) in [5, 5.41) is 3.34. The fourth-order valence-corrected chi connectivity index (χ4v) is 2.15. The molecule has 1 atom stereocenters. The molecule has 0 aliphatic heterocycles. The second-order valence-electron chi connectivity index (χ2n) is 3.59. The van der Waals surface area contributed by atoms with Crippen LogP contribution in [0.2, 0.25) is 0 Å². The summed E-state index contributed by atoms with van der Waals surface area (Å²) < 4.78 is 2.22. The molecule has 1 N–H and O–H groups in total. The first-order valence-corrected chi connectivity index (χ1v) is 6.79. The van der Waals surface area contributed by atoms with Gasteiger partial charge in [0.25, 0.3) is 0 Å². The maximum Gasteiger partial charge on any atom is 0.203 e. The summed E-state index contributed by atoms with van der Waals surface area (Å²) >= 11 is 1.97. The molecule has 0 spiro atoms. The molecule has 1 rings (SSSR count). The van der Waals surface area contributed by atoms with E-state index in [9.17, 15) is 0 Å². The molecule has 0 bridgehead atoms. The molecule has 0 saturated heterocycles. The van der Waals surface area contributed by atoms with Crippen molar-refractivity contribution in [3.63, 3.8) is 0 Å². The number of hydrogen-bond donors (Lipinski definition) is 1. The van der Waals surface area contributed by atoms with Crippen molar-refractivity contribution >= 4 is 17.7 Å². The van der Waals surface area contributed by atoms with Crippen LogP contribution in [-0.2, 0) is 0 Å². The average Bonchev–Trinajstić information content (AvgIpc) is 2.71. The van der Waals surface area contributed by atoms with E-state index in [4.69, 9.17) is 0 Å². The Labute approximate surface area is 96.7 Å². The molecule has 15 heavy (non-hydrogen) atoms. The van der Waals surface area contributed by atoms with Gasteiger partial charge in [-0.2, -0.15) is 11.8 Å². The Morgan fingerprint density at radius 2 is 2.33 bits per heavy atom. The van der Waals surface area contributed by atoms with Crippen molar-refractivity contribution < 1.29 is 0 Å². The fourth-order valence-electron chi connectivity index (χ4n) is 1.41. The van der Waals surface area contributed by atoms with E-state index in [1.807, 2.05) is 18.0 Å². The summed E-state index contributed by atoms with van der Waals surface area (Å²) in [7, 11) is 0. The lowest BCUT2D eigenvalue weighted by molar-refractivity contribution is 0.613. The summed E-state index contributed by atoms with van der Waals surface area (Å²) in [6.07, 6.45) is 5.05. The minimum absolute atomic E-state index is 0.511. The third-order valence-corrected chi connectivity index (χ3v) is 3.37. The highest BCUT2D eigenvalue weighted by molar-refractivity contribution is 7.99. The summed E-state index contributed by atoms with van der Waals surface area (Å²) in [5.74, 6) is 3.32. The van der Waals surface area contributed by atoms with Crippen LogP contribution in [0.3, 0.4) is 0 Å². The van der Waals surface area contributed by atoms with Gasteiger partial charge in [0.05, 0.1) is 0 Å². The maximum absolute atomic E-state index is 4.33. The molecule has 1 aromatic rings. The van der Waals surface area contributed by atoms with Crippen molar-refractivity contribution in [3.05, 3.63) is 12.4 Å². The molecular formula is C11H21N3S. The first-order chi connectivity index (χ1) is 7.29. The van der Waals surface area contributed by atoms with Crippen molar-refractivity contribution in [1.82, 2.24) is 9.55 Å². The van der Waals surface area contributed by atoms with Crippen LogP contribution in [0.4, 0.5) is 5.95 Å². The Bertz CT molecular complexity index is 273. The van der Waals surface area contributed by atoms with E-state index in [2.05, 4.69) is 41.8 Å². The molecule has 0 aliphatic carbocycles. The molecule has 4 heteroatoms. The zero-order chi connectivity index (χ0) is 11.1. The van der Waals surface area contributed by atoms with Gasteiger partial charge in [-0.1, -0.05) is 13.8 Å². The van der Waals surface area contributed by atoms with Crippen LogP contribution in [0.25, 0.3) is 0 Å². The van der Waals surface area contributed by atoms with Gasteiger partial charge in [0, 0.05) is 30.7 Å². The van der Waals surface area contributed by atoms with Gasteiger partial charge in [-0.05, 0) is 19.1 Å². The lowest BCUT2D eigenvalue weighted by Gasteiger charge is -2.16. The minimum atomic E-state index is 0.511. The summed E-state index contributed by atoms with van der Waals surface area (Å²) in [6, 6.07) is 0.511. The normalized spacial score (nSPS) is 12.7. The Hall–Kier alpha value is -0.640. The second kappa shape index (κ2) is 6.77. The molecule has 0 aromatic carbocycles. The van der Waals surface area contributed by atoms with Crippen LogP contribution in [0.5, 0.6) is 0 Å². The molecule has 0 radical (unpaired) electrons. The Morgan fingerprint density at radius 1 is 1.53 bits per heavy atom. The molecule has 0 amide bonds. The monoisotopic (exact) mass is 227 g/mol. The SMILES string of the molecule is CCCNc1nccn1C(C)CSCC. The Kier molecular flexibility index (Phi) is 5.61. The van der Waals surface area contributed by atoms with E-state index >= 15 is 0 Å². The highest BCUT2D eigenvalue weighted by Crippen LogP contribution is 2.17. The molecule has 3 nitrogen and oxygen atoms in total. The first kappa shape index (κ1) is 12.4. The van der Waals surface area contributed by atoms with Gasteiger partial charge in [-0.3, -0.25) is 0 Å². The summed E-state index contributed by atoms with van der Waals surface area (Å²) in [4.78, 5) is 4.33. The van der Waals surface area contributed by atoms with Gasteiger partial charge < -0.3 is 9.88 Å². The predicted octanol–water partition coefficient (Wildman–Crippen LogP) is 3.02. The van der Waals surface area contributed by atoms with Gasteiger partial charge in [0.2, 0.25) is 5.95 Å². The molecule has 1 unspecified atom stereocenters. The van der Waals surface area contributed by atoms with Gasteiger partial charge in [-0.15, -0.1) is 0 Å². The van der Waals surface area contributed by atoms with Crippen molar-refractivity contribution in [3.8, 4) is 0 Å². The lowest BCUT2D eigenvalue weighted by atomic mass is 10.4. The summed E-state index contributed by atoms with van der Waals surface area (Å²) in [5.41, 5.74) is 0. The van der Waals surface area contributed by atoms with Crippen LogP contribution in [0.15, 0.2) is 12.4 Å². The molecular weight excluding hydrogens is 206 g/mol. The van der Waals surface area contributed by atoms with Crippen LogP contribution >= 0.6 is 11.8 Å². The molecule has 0 aliphatic rings. The fraction of sp³-hybridized carbons (Fsp3) is 0.727. The van der Waals surface area contributed by atoms with E-state index in [-0.39, 0.29) is 0 Å². The van der Waals surface area contributed by atoms with E-state index in [1.54, 1.807) is 0 Å². The highest BCUT2D eigenvalue weighted by Gasteiger charge is 2.08. The molecule has 1 aromatic heterocycles. The van der Waals surface area contributed by atoms with E-state index in [0.29, 0.717) is 6.04 Å². The second-order valence-corrected chi connectivity index (χ2v) is 4.91. The van der Waals surface area contributed by atoms with Crippen LogP contribution in [0, 0.1) is 0 Å². The largest absolute Gasteiger partial charge is 0.356 e. The zero-order valence-corrected chi connectivity index (χ0v) is 10.7. The van der Waals surface area contributed by atoms with E-state index in [0.717, 1.165) is 24.7 Å². The smallest absolute Gasteiger partial charge is 0.203 e. The third-order valence-electron chi connectivity index (χ3n) is 2.24. The number of aromatic nitrogens is 2. The predicted molar refractivity (Wildman–Crippen MR) is 68.7 cm³/mol. The number of hydrogen-bond acceptors (Lipinski definition) is 3. The Morgan fingerprint density at radius 3 is 3.00 bits per heavy atom. The quantitative estimate of drug-likeness (QED) is 0.776. The van der Waals surface area contributed by atoms with Crippen molar-refractivity contribution in [1.29, 1.82) is 0 Å². The van der Waals surface area contributed by atoms with Crippen LogP contribution in [0.1, 0.15) is 33.2 Å². The van der Waals surface area contributed by atoms with Crippen molar-refractivity contribution in [2.75, 3.05) is 23.4 Å². The van der Waals surface area contributed by atoms with Crippen molar-refractivity contribution in [2.45, 2.75) is 33.2 Å². The number of anilines is 1. The third kappa shape index (κ3) is 3.78. The molecule has 1 heterocycles. The van der Waals surface area contributed by atoms with Gasteiger partial charge in [-0.25, -0.2) is 4.98 Å². The zero-order valence-electron chi connectivity index (χ0n) is 9.86. The van der Waals surface area contributed by atoms with Gasteiger partial charge >= 0.3 is 0 Å². The first-order valence-electron chi connectivity index (χ1n) is 5.64. The molecule has 86 valence electrons. The number of imidazole rings is 1. The number of thioether (sulfide) groups is 1. The van der Waals surface area contributed by atoms with Gasteiger partial charge in [0.1, 0.15) is 0 Å². The molecule has 0 saturated carbocycles. The van der Waals surface area contributed by atoms with Gasteiger partial charge in [0.15, 0.2) is 0 Å². The average molecular weight is 227 g/mol. The number of nitrogens with zero attached hydrogens (tertiary/aromatic N) is 2. The number of rotatable bonds is 7. The topological polar surface area (TPSA) is 29.9 Å². The van der Waals surface area contributed by atoms with E-state index in [1.165, 1.54) is 5.75 Å². The minimum Gasteiger partial charge on any atom is -0.356 e. The summed E-state index contributed by atoms with van der Waals surface area (Å²) in [6.45, 7) is 7.59. The molecule has 0 fully saturated rings. The maximum atomic E-state index is 4.33. The lowest BCUT2D eigenvalue weighted by Crippen LogP contribution is -2.13. The Balaban J connectivity index is 2.54.